The second kappa shape index (κ2) is 9.38. The van der Waals surface area contributed by atoms with E-state index in [1.807, 2.05) is 37.3 Å². The zero-order valence-electron chi connectivity index (χ0n) is 13.6. The van der Waals surface area contributed by atoms with Crippen LogP contribution < -0.4 is 14.8 Å². The molecule has 23 heavy (non-hydrogen) atoms. The first kappa shape index (κ1) is 17.6. The number of benzene rings is 1. The summed E-state index contributed by atoms with van der Waals surface area (Å²) in [5, 5.41) is 3.94. The summed E-state index contributed by atoms with van der Waals surface area (Å²) in [5.74, 6) is 1.33. The lowest BCUT2D eigenvalue weighted by Crippen LogP contribution is -2.14. The Balaban J connectivity index is 2.03. The van der Waals surface area contributed by atoms with E-state index in [1.165, 1.54) is 0 Å². The Kier molecular flexibility index (Phi) is 7.17. The van der Waals surface area contributed by atoms with Crippen LogP contribution in [-0.4, -0.2) is 18.2 Å². The lowest BCUT2D eigenvalue weighted by atomic mass is 10.2. The van der Waals surface area contributed by atoms with E-state index in [-0.39, 0.29) is 0 Å². The molecule has 0 saturated carbocycles. The number of pyridine rings is 1. The largest absolute Gasteiger partial charge is 0.490 e. The van der Waals surface area contributed by atoms with E-state index in [1.54, 1.807) is 6.20 Å². The van der Waals surface area contributed by atoms with Crippen LogP contribution >= 0.6 is 11.6 Å². The summed E-state index contributed by atoms with van der Waals surface area (Å²) in [6.45, 7) is 6.59. The molecule has 124 valence electrons. The maximum atomic E-state index is 6.36. The minimum absolute atomic E-state index is 0.573. The highest BCUT2D eigenvalue weighted by Gasteiger charge is 2.12. The summed E-state index contributed by atoms with van der Waals surface area (Å²) in [6, 6.07) is 9.78. The molecule has 1 aromatic carbocycles. The summed E-state index contributed by atoms with van der Waals surface area (Å²) >= 11 is 6.36. The van der Waals surface area contributed by atoms with Crippen molar-refractivity contribution in [2.45, 2.75) is 33.4 Å². The maximum absolute atomic E-state index is 6.36. The van der Waals surface area contributed by atoms with Gasteiger partial charge in [0, 0.05) is 19.3 Å². The molecule has 2 aromatic rings. The maximum Gasteiger partial charge on any atom is 0.179 e. The molecule has 4 nitrogen and oxygen atoms in total. The molecule has 0 aliphatic rings. The molecule has 0 radical (unpaired) electrons. The fraction of sp³-hybridized carbons (Fsp3) is 0.389. The first-order valence-corrected chi connectivity index (χ1v) is 8.31. The topological polar surface area (TPSA) is 43.4 Å². The Morgan fingerprint density at radius 2 is 2.00 bits per heavy atom. The van der Waals surface area contributed by atoms with Gasteiger partial charge in [-0.2, -0.15) is 0 Å². The van der Waals surface area contributed by atoms with Crippen LogP contribution in [0.2, 0.25) is 5.02 Å². The average Bonchev–Trinajstić information content (AvgIpc) is 2.55. The molecule has 0 aliphatic carbocycles. The number of hydrogen-bond acceptors (Lipinski definition) is 4. The number of hydrogen-bond donors (Lipinski definition) is 1. The van der Waals surface area contributed by atoms with Crippen molar-refractivity contribution in [2.24, 2.45) is 0 Å². The quantitative estimate of drug-likeness (QED) is 0.746. The highest BCUT2D eigenvalue weighted by molar-refractivity contribution is 6.32. The Morgan fingerprint density at radius 1 is 1.13 bits per heavy atom. The van der Waals surface area contributed by atoms with Crippen LogP contribution in [0.4, 0.5) is 0 Å². The van der Waals surface area contributed by atoms with Gasteiger partial charge >= 0.3 is 0 Å². The first-order valence-electron chi connectivity index (χ1n) is 7.93. The predicted molar refractivity (Wildman–Crippen MR) is 93.2 cm³/mol. The van der Waals surface area contributed by atoms with Crippen LogP contribution in [0.25, 0.3) is 0 Å². The van der Waals surface area contributed by atoms with E-state index >= 15 is 0 Å². The molecule has 1 aromatic heterocycles. The van der Waals surface area contributed by atoms with E-state index in [9.17, 15) is 0 Å². The van der Waals surface area contributed by atoms with Gasteiger partial charge in [-0.05, 0) is 43.2 Å². The zero-order chi connectivity index (χ0) is 16.5. The van der Waals surface area contributed by atoms with Crippen molar-refractivity contribution in [1.29, 1.82) is 0 Å². The molecular formula is C18H23ClN2O2. The molecule has 1 heterocycles. The van der Waals surface area contributed by atoms with Gasteiger partial charge in [-0.15, -0.1) is 0 Å². The van der Waals surface area contributed by atoms with E-state index < -0.39 is 0 Å². The predicted octanol–water partition coefficient (Wildman–Crippen LogP) is 4.21. The van der Waals surface area contributed by atoms with Crippen molar-refractivity contribution >= 4 is 11.6 Å². The Hall–Kier alpha value is -1.78. The van der Waals surface area contributed by atoms with Crippen LogP contribution in [0.3, 0.4) is 0 Å². The smallest absolute Gasteiger partial charge is 0.179 e. The summed E-state index contributed by atoms with van der Waals surface area (Å²) < 4.78 is 11.4. The zero-order valence-corrected chi connectivity index (χ0v) is 14.4. The van der Waals surface area contributed by atoms with Crippen LogP contribution in [0, 0.1) is 0 Å². The second-order valence-electron chi connectivity index (χ2n) is 5.11. The van der Waals surface area contributed by atoms with E-state index in [2.05, 4.69) is 17.2 Å². The molecule has 0 aliphatic heterocycles. The number of rotatable bonds is 9. The summed E-state index contributed by atoms with van der Waals surface area (Å²) in [4.78, 5) is 4.29. The molecule has 0 amide bonds. The lowest BCUT2D eigenvalue weighted by Gasteiger charge is -2.15. The molecule has 2 rings (SSSR count). The monoisotopic (exact) mass is 334 g/mol. The minimum atomic E-state index is 0.573. The third-order valence-electron chi connectivity index (χ3n) is 3.18. The molecule has 5 heteroatoms. The van der Waals surface area contributed by atoms with Gasteiger partial charge in [-0.3, -0.25) is 4.98 Å². The molecule has 0 saturated heterocycles. The highest BCUT2D eigenvalue weighted by atomic mass is 35.5. The van der Waals surface area contributed by atoms with Crippen LogP contribution in [0.15, 0.2) is 36.5 Å². The molecule has 0 atom stereocenters. The normalized spacial score (nSPS) is 10.6. The standard InChI is InChI=1S/C18H23ClN2O2/c1-3-9-23-18-16(19)10-14(11-17(18)22-4-2)12-20-13-15-7-5-6-8-21-15/h5-8,10-11,20H,3-4,9,12-13H2,1-2H3. The molecule has 1 N–H and O–H groups in total. The average molecular weight is 335 g/mol. The molecule has 0 spiro atoms. The summed E-state index contributed by atoms with van der Waals surface area (Å²) in [7, 11) is 0. The third-order valence-corrected chi connectivity index (χ3v) is 3.46. The number of aromatic nitrogens is 1. The minimum Gasteiger partial charge on any atom is -0.490 e. The molecule has 0 unspecified atom stereocenters. The first-order chi connectivity index (χ1) is 11.2. The molecule has 0 fully saturated rings. The second-order valence-corrected chi connectivity index (χ2v) is 5.52. The van der Waals surface area contributed by atoms with Gasteiger partial charge in [0.2, 0.25) is 0 Å². The number of ether oxygens (including phenoxy) is 2. The van der Waals surface area contributed by atoms with Gasteiger partial charge in [0.15, 0.2) is 11.5 Å². The van der Waals surface area contributed by atoms with Crippen molar-refractivity contribution in [1.82, 2.24) is 10.3 Å². The Morgan fingerprint density at radius 3 is 2.70 bits per heavy atom. The third kappa shape index (κ3) is 5.41. The van der Waals surface area contributed by atoms with Crippen molar-refractivity contribution in [3.63, 3.8) is 0 Å². The van der Waals surface area contributed by atoms with Crippen molar-refractivity contribution < 1.29 is 9.47 Å². The van der Waals surface area contributed by atoms with Crippen molar-refractivity contribution in [3.8, 4) is 11.5 Å². The van der Waals surface area contributed by atoms with Crippen molar-refractivity contribution in [2.75, 3.05) is 13.2 Å². The summed E-state index contributed by atoms with van der Waals surface area (Å²) in [6.07, 6.45) is 2.72. The highest BCUT2D eigenvalue weighted by Crippen LogP contribution is 2.36. The van der Waals surface area contributed by atoms with Gasteiger partial charge in [-0.25, -0.2) is 0 Å². The molecular weight excluding hydrogens is 312 g/mol. The lowest BCUT2D eigenvalue weighted by molar-refractivity contribution is 0.277. The Bertz CT molecular complexity index is 605. The van der Waals surface area contributed by atoms with Gasteiger partial charge in [0.1, 0.15) is 0 Å². The summed E-state index contributed by atoms with van der Waals surface area (Å²) in [5.41, 5.74) is 2.06. The van der Waals surface area contributed by atoms with Gasteiger partial charge in [0.05, 0.1) is 23.9 Å². The van der Waals surface area contributed by atoms with E-state index in [4.69, 9.17) is 21.1 Å². The van der Waals surface area contributed by atoms with Gasteiger partial charge in [-0.1, -0.05) is 24.6 Å². The number of halogens is 1. The fourth-order valence-corrected chi connectivity index (χ4v) is 2.46. The fourth-order valence-electron chi connectivity index (χ4n) is 2.17. The van der Waals surface area contributed by atoms with E-state index in [0.717, 1.165) is 17.7 Å². The van der Waals surface area contributed by atoms with Crippen LogP contribution in [0.1, 0.15) is 31.5 Å². The molecule has 0 bridgehead atoms. The van der Waals surface area contributed by atoms with Crippen LogP contribution in [0.5, 0.6) is 11.5 Å². The van der Waals surface area contributed by atoms with E-state index in [0.29, 0.717) is 42.8 Å². The SMILES string of the molecule is CCCOc1c(Cl)cc(CNCc2ccccn2)cc1OCC. The van der Waals surface area contributed by atoms with Crippen LogP contribution in [-0.2, 0) is 13.1 Å². The number of nitrogens with zero attached hydrogens (tertiary/aromatic N) is 1. The number of nitrogens with one attached hydrogen (secondary N) is 1. The van der Waals surface area contributed by atoms with Gasteiger partial charge < -0.3 is 14.8 Å². The van der Waals surface area contributed by atoms with Gasteiger partial charge in [0.25, 0.3) is 0 Å². The Labute approximate surface area is 142 Å². The van der Waals surface area contributed by atoms with Crippen molar-refractivity contribution in [3.05, 3.63) is 52.8 Å².